The lowest BCUT2D eigenvalue weighted by Crippen LogP contribution is -1.99. The van der Waals surface area contributed by atoms with Crippen LogP contribution in [0, 0.1) is 0 Å². The van der Waals surface area contributed by atoms with Gasteiger partial charge in [0.25, 0.3) is 0 Å². The summed E-state index contributed by atoms with van der Waals surface area (Å²) < 4.78 is 3.62. The molecule has 6 rings (SSSR count). The third-order valence-corrected chi connectivity index (χ3v) is 6.37. The van der Waals surface area contributed by atoms with Crippen molar-refractivity contribution in [3.05, 3.63) is 77.9 Å². The summed E-state index contributed by atoms with van der Waals surface area (Å²) in [6, 6.07) is 19.6. The number of rotatable bonds is 2. The molecule has 0 unspecified atom stereocenters. The van der Waals surface area contributed by atoms with Crippen LogP contribution in [0.2, 0.25) is 0 Å². The van der Waals surface area contributed by atoms with E-state index in [0.717, 1.165) is 18.7 Å². The summed E-state index contributed by atoms with van der Waals surface area (Å²) in [5.74, 6) is 0.956. The van der Waals surface area contributed by atoms with Gasteiger partial charge < -0.3 is 0 Å². The van der Waals surface area contributed by atoms with Crippen LogP contribution in [0.1, 0.15) is 18.4 Å². The lowest BCUT2D eigenvalue weighted by molar-refractivity contribution is 1.06. The lowest BCUT2D eigenvalue weighted by atomic mass is 10.0. The molecule has 28 heavy (non-hydrogen) atoms. The molecule has 0 amide bonds. The average molecular weight is 379 g/mol. The molecule has 0 bridgehead atoms. The number of thiophene rings is 1. The zero-order chi connectivity index (χ0) is 18.5. The summed E-state index contributed by atoms with van der Waals surface area (Å²) in [5.41, 5.74) is 4.90. The van der Waals surface area contributed by atoms with Gasteiger partial charge in [-0.2, -0.15) is 0 Å². The Hall–Kier alpha value is -3.24. The van der Waals surface area contributed by atoms with E-state index >= 15 is 0 Å². The van der Waals surface area contributed by atoms with Gasteiger partial charge in [0.05, 0.1) is 11.0 Å². The Morgan fingerprint density at radius 3 is 2.82 bits per heavy atom. The molecule has 4 heterocycles. The molecule has 0 saturated heterocycles. The SMILES string of the molecule is C1=NC=C(c2ccnc(-n3c4ccccc4c4ccc5sccc5c43)c2)CC1. The van der Waals surface area contributed by atoms with Gasteiger partial charge in [-0.05, 0) is 59.7 Å². The van der Waals surface area contributed by atoms with Crippen LogP contribution in [0.5, 0.6) is 0 Å². The Morgan fingerprint density at radius 2 is 1.89 bits per heavy atom. The van der Waals surface area contributed by atoms with Crippen LogP contribution in [0.4, 0.5) is 0 Å². The summed E-state index contributed by atoms with van der Waals surface area (Å²) >= 11 is 1.78. The van der Waals surface area contributed by atoms with Gasteiger partial charge in [0.1, 0.15) is 5.82 Å². The quantitative estimate of drug-likeness (QED) is 0.340. The number of pyridine rings is 1. The Balaban J connectivity index is 1.71. The predicted octanol–water partition coefficient (Wildman–Crippen LogP) is 6.60. The van der Waals surface area contributed by atoms with Crippen molar-refractivity contribution in [2.45, 2.75) is 12.8 Å². The van der Waals surface area contributed by atoms with Crippen molar-refractivity contribution in [1.82, 2.24) is 9.55 Å². The number of aliphatic imine (C=N–C) groups is 1. The second-order valence-electron chi connectivity index (χ2n) is 7.07. The van der Waals surface area contributed by atoms with Crippen LogP contribution in [0.25, 0.3) is 43.3 Å². The maximum atomic E-state index is 4.77. The summed E-state index contributed by atoms with van der Waals surface area (Å²) in [6.07, 6.45) is 7.89. The summed E-state index contributed by atoms with van der Waals surface area (Å²) in [6.45, 7) is 0. The molecule has 1 aliphatic heterocycles. The van der Waals surface area contributed by atoms with E-state index in [4.69, 9.17) is 4.98 Å². The zero-order valence-corrected chi connectivity index (χ0v) is 16.0. The number of aromatic nitrogens is 2. The minimum absolute atomic E-state index is 0.956. The molecule has 5 aromatic rings. The minimum atomic E-state index is 0.956. The van der Waals surface area contributed by atoms with Gasteiger partial charge in [0.2, 0.25) is 0 Å². The van der Waals surface area contributed by atoms with E-state index in [1.165, 1.54) is 43.0 Å². The molecular weight excluding hydrogens is 362 g/mol. The molecule has 3 aromatic heterocycles. The molecule has 0 N–H and O–H groups in total. The smallest absolute Gasteiger partial charge is 0.138 e. The lowest BCUT2D eigenvalue weighted by Gasteiger charge is -2.12. The van der Waals surface area contributed by atoms with Gasteiger partial charge in [-0.3, -0.25) is 9.56 Å². The van der Waals surface area contributed by atoms with Crippen molar-refractivity contribution in [1.29, 1.82) is 0 Å². The highest BCUT2D eigenvalue weighted by Crippen LogP contribution is 2.38. The largest absolute Gasteiger partial charge is 0.293 e. The highest BCUT2D eigenvalue weighted by molar-refractivity contribution is 7.17. The van der Waals surface area contributed by atoms with E-state index in [2.05, 4.69) is 69.5 Å². The maximum Gasteiger partial charge on any atom is 0.138 e. The first-order valence-electron chi connectivity index (χ1n) is 9.47. The first kappa shape index (κ1) is 15.8. The fraction of sp³-hybridized carbons (Fsp3) is 0.0833. The molecule has 0 saturated carbocycles. The van der Waals surface area contributed by atoms with Crippen LogP contribution in [0.15, 0.2) is 77.4 Å². The highest BCUT2D eigenvalue weighted by atomic mass is 32.1. The summed E-state index contributed by atoms with van der Waals surface area (Å²) in [4.78, 5) is 9.12. The molecule has 134 valence electrons. The van der Waals surface area contributed by atoms with Gasteiger partial charge in [-0.1, -0.05) is 24.3 Å². The van der Waals surface area contributed by atoms with Crippen molar-refractivity contribution in [2.75, 3.05) is 0 Å². The van der Waals surface area contributed by atoms with E-state index in [1.54, 1.807) is 11.3 Å². The number of nitrogens with zero attached hydrogens (tertiary/aromatic N) is 3. The number of allylic oxidation sites excluding steroid dienone is 1. The highest BCUT2D eigenvalue weighted by Gasteiger charge is 2.16. The molecule has 4 heteroatoms. The van der Waals surface area contributed by atoms with Crippen molar-refractivity contribution >= 4 is 55.0 Å². The van der Waals surface area contributed by atoms with Crippen LogP contribution in [0.3, 0.4) is 0 Å². The third-order valence-electron chi connectivity index (χ3n) is 5.49. The van der Waals surface area contributed by atoms with Crippen molar-refractivity contribution in [3.8, 4) is 5.82 Å². The molecule has 2 aromatic carbocycles. The molecule has 0 atom stereocenters. The van der Waals surface area contributed by atoms with Crippen LogP contribution >= 0.6 is 11.3 Å². The Kier molecular flexibility index (Phi) is 3.46. The van der Waals surface area contributed by atoms with Crippen molar-refractivity contribution in [3.63, 3.8) is 0 Å². The van der Waals surface area contributed by atoms with Crippen molar-refractivity contribution in [2.24, 2.45) is 4.99 Å². The van der Waals surface area contributed by atoms with E-state index < -0.39 is 0 Å². The van der Waals surface area contributed by atoms with Gasteiger partial charge in [0, 0.05) is 39.5 Å². The number of para-hydroxylation sites is 1. The molecule has 1 aliphatic rings. The fourth-order valence-corrected chi connectivity index (χ4v) is 4.99. The second kappa shape index (κ2) is 6.14. The molecule has 0 aliphatic carbocycles. The summed E-state index contributed by atoms with van der Waals surface area (Å²) in [7, 11) is 0. The van der Waals surface area contributed by atoms with Gasteiger partial charge >= 0.3 is 0 Å². The third kappa shape index (κ3) is 2.28. The molecule has 0 fully saturated rings. The van der Waals surface area contributed by atoms with E-state index in [0.29, 0.717) is 0 Å². The fourth-order valence-electron chi connectivity index (χ4n) is 4.20. The molecule has 0 spiro atoms. The number of fused-ring (bicyclic) bond motifs is 5. The molecule has 0 radical (unpaired) electrons. The number of benzene rings is 2. The topological polar surface area (TPSA) is 30.2 Å². The van der Waals surface area contributed by atoms with E-state index in [-0.39, 0.29) is 0 Å². The van der Waals surface area contributed by atoms with Crippen LogP contribution in [-0.4, -0.2) is 15.8 Å². The number of hydrogen-bond acceptors (Lipinski definition) is 3. The van der Waals surface area contributed by atoms with Crippen LogP contribution in [-0.2, 0) is 0 Å². The second-order valence-corrected chi connectivity index (χ2v) is 8.02. The summed E-state index contributed by atoms with van der Waals surface area (Å²) in [5, 5.41) is 5.99. The van der Waals surface area contributed by atoms with Gasteiger partial charge in [0.15, 0.2) is 0 Å². The normalized spacial score (nSPS) is 14.2. The first-order valence-corrected chi connectivity index (χ1v) is 10.3. The maximum absolute atomic E-state index is 4.77. The standard InChI is InChI=1S/C24H17N3S/c1-2-6-21-18(5-1)19-7-8-22-20(10-13-28-22)24(19)27(21)23-14-16(9-12-26-23)17-4-3-11-25-15-17/h1-2,5-15H,3-4H2. The Labute approximate surface area is 166 Å². The average Bonchev–Trinajstić information content (AvgIpc) is 3.37. The van der Waals surface area contributed by atoms with Crippen molar-refractivity contribution < 1.29 is 0 Å². The monoisotopic (exact) mass is 379 g/mol. The Morgan fingerprint density at radius 1 is 0.929 bits per heavy atom. The molecule has 3 nitrogen and oxygen atoms in total. The van der Waals surface area contributed by atoms with E-state index in [9.17, 15) is 0 Å². The molecular formula is C24H17N3S. The number of hydrogen-bond donors (Lipinski definition) is 0. The predicted molar refractivity (Wildman–Crippen MR) is 120 cm³/mol. The van der Waals surface area contributed by atoms with E-state index in [1.807, 2.05) is 18.6 Å². The zero-order valence-electron chi connectivity index (χ0n) is 15.2. The van der Waals surface area contributed by atoms with Gasteiger partial charge in [-0.15, -0.1) is 11.3 Å². The first-order chi connectivity index (χ1) is 13.9. The minimum Gasteiger partial charge on any atom is -0.293 e. The van der Waals surface area contributed by atoms with Crippen LogP contribution < -0.4 is 0 Å². The Bertz CT molecular complexity index is 1420. The van der Waals surface area contributed by atoms with Gasteiger partial charge in [-0.25, -0.2) is 4.98 Å².